The van der Waals surface area contributed by atoms with Crippen molar-refractivity contribution in [3.63, 3.8) is 0 Å². The summed E-state index contributed by atoms with van der Waals surface area (Å²) in [5, 5.41) is 0. The average molecular weight is 257 g/mol. The highest BCUT2D eigenvalue weighted by Gasteiger charge is 2.27. The van der Waals surface area contributed by atoms with E-state index in [1.54, 1.807) is 19.0 Å². The van der Waals surface area contributed by atoms with Gasteiger partial charge >= 0.3 is 0 Å². The lowest BCUT2D eigenvalue weighted by atomic mass is 10.0. The van der Waals surface area contributed by atoms with Crippen LogP contribution >= 0.6 is 0 Å². The molecule has 106 valence electrons. The van der Waals surface area contributed by atoms with Crippen molar-refractivity contribution < 1.29 is 9.53 Å². The Bertz CT molecular complexity index is 257. The minimum Gasteiger partial charge on any atom is -0.377 e. The number of hydrogen-bond donors (Lipinski definition) is 1. The fourth-order valence-electron chi connectivity index (χ4n) is 2.42. The molecule has 0 radical (unpaired) electrons. The second-order valence-corrected chi connectivity index (χ2v) is 5.10. The van der Waals surface area contributed by atoms with E-state index in [4.69, 9.17) is 10.5 Å². The number of rotatable bonds is 6. The predicted octanol–water partition coefficient (Wildman–Crippen LogP) is 0.293. The van der Waals surface area contributed by atoms with E-state index in [9.17, 15) is 4.79 Å². The van der Waals surface area contributed by atoms with Crippen LogP contribution in [-0.4, -0.2) is 68.2 Å². The topological polar surface area (TPSA) is 58.8 Å². The number of ether oxygens (including phenoxy) is 1. The van der Waals surface area contributed by atoms with Crippen molar-refractivity contribution in [2.45, 2.75) is 38.3 Å². The number of amides is 1. The molecule has 2 atom stereocenters. The highest BCUT2D eigenvalue weighted by atomic mass is 16.5. The molecule has 0 spiro atoms. The van der Waals surface area contributed by atoms with Gasteiger partial charge in [-0.25, -0.2) is 0 Å². The fraction of sp³-hybridized carbons (Fsp3) is 0.923. The van der Waals surface area contributed by atoms with Gasteiger partial charge < -0.3 is 15.4 Å². The minimum absolute atomic E-state index is 0.142. The minimum atomic E-state index is 0.142. The van der Waals surface area contributed by atoms with Crippen LogP contribution in [0.3, 0.4) is 0 Å². The zero-order valence-electron chi connectivity index (χ0n) is 11.9. The van der Waals surface area contributed by atoms with Crippen molar-refractivity contribution in [1.82, 2.24) is 9.80 Å². The SMILES string of the molecule is CCOC1CCCN(C(CN)CC(=O)N(C)C)C1. The van der Waals surface area contributed by atoms with E-state index in [-0.39, 0.29) is 11.9 Å². The predicted molar refractivity (Wildman–Crippen MR) is 72.4 cm³/mol. The molecule has 0 saturated carbocycles. The third-order valence-corrected chi connectivity index (χ3v) is 3.51. The normalized spacial score (nSPS) is 22.8. The third-order valence-electron chi connectivity index (χ3n) is 3.51. The van der Waals surface area contributed by atoms with Gasteiger partial charge in [-0.15, -0.1) is 0 Å². The third kappa shape index (κ3) is 4.55. The van der Waals surface area contributed by atoms with E-state index in [1.807, 2.05) is 6.92 Å². The van der Waals surface area contributed by atoms with Crippen molar-refractivity contribution in [2.24, 2.45) is 5.73 Å². The van der Waals surface area contributed by atoms with Gasteiger partial charge in [0.15, 0.2) is 0 Å². The summed E-state index contributed by atoms with van der Waals surface area (Å²) in [6.45, 7) is 5.22. The summed E-state index contributed by atoms with van der Waals surface area (Å²) in [5.74, 6) is 0.143. The molecule has 1 fully saturated rings. The highest BCUT2D eigenvalue weighted by Crippen LogP contribution is 2.17. The molecular formula is C13H27N3O2. The van der Waals surface area contributed by atoms with E-state index >= 15 is 0 Å². The van der Waals surface area contributed by atoms with Crippen LogP contribution in [0, 0.1) is 0 Å². The molecule has 0 aromatic rings. The second-order valence-electron chi connectivity index (χ2n) is 5.10. The first-order valence-electron chi connectivity index (χ1n) is 6.84. The van der Waals surface area contributed by atoms with Gasteiger partial charge in [-0.05, 0) is 26.3 Å². The highest BCUT2D eigenvalue weighted by molar-refractivity contribution is 5.76. The van der Waals surface area contributed by atoms with E-state index < -0.39 is 0 Å². The van der Waals surface area contributed by atoms with Crippen molar-refractivity contribution >= 4 is 5.91 Å². The van der Waals surface area contributed by atoms with Gasteiger partial charge in [0.2, 0.25) is 5.91 Å². The summed E-state index contributed by atoms with van der Waals surface area (Å²) in [6, 6.07) is 0.142. The molecule has 0 bridgehead atoms. The molecule has 1 rings (SSSR count). The monoisotopic (exact) mass is 257 g/mol. The Kier molecular flexibility index (Phi) is 6.60. The van der Waals surface area contributed by atoms with Gasteiger partial charge in [0.05, 0.1) is 6.10 Å². The van der Waals surface area contributed by atoms with Crippen LogP contribution in [-0.2, 0) is 9.53 Å². The maximum absolute atomic E-state index is 11.8. The van der Waals surface area contributed by atoms with Gasteiger partial charge in [-0.1, -0.05) is 0 Å². The maximum atomic E-state index is 11.8. The van der Waals surface area contributed by atoms with Crippen molar-refractivity contribution in [1.29, 1.82) is 0 Å². The van der Waals surface area contributed by atoms with Gasteiger partial charge in [0.1, 0.15) is 0 Å². The molecule has 2 unspecified atom stereocenters. The number of nitrogens with zero attached hydrogens (tertiary/aromatic N) is 2. The molecule has 18 heavy (non-hydrogen) atoms. The van der Waals surface area contributed by atoms with Crippen LogP contribution in [0.25, 0.3) is 0 Å². The van der Waals surface area contributed by atoms with Gasteiger partial charge in [0.25, 0.3) is 0 Å². The summed E-state index contributed by atoms with van der Waals surface area (Å²) in [4.78, 5) is 15.7. The zero-order valence-corrected chi connectivity index (χ0v) is 11.9. The number of nitrogens with two attached hydrogens (primary N) is 1. The van der Waals surface area contributed by atoms with Crippen LogP contribution in [0.2, 0.25) is 0 Å². The largest absolute Gasteiger partial charge is 0.377 e. The smallest absolute Gasteiger partial charge is 0.223 e. The van der Waals surface area contributed by atoms with Crippen LogP contribution in [0.5, 0.6) is 0 Å². The van der Waals surface area contributed by atoms with E-state index in [0.717, 1.165) is 32.5 Å². The van der Waals surface area contributed by atoms with Crippen LogP contribution in [0.15, 0.2) is 0 Å². The van der Waals surface area contributed by atoms with Crippen LogP contribution in [0.4, 0.5) is 0 Å². The molecule has 5 nitrogen and oxygen atoms in total. The average Bonchev–Trinajstić information content (AvgIpc) is 2.36. The first-order chi connectivity index (χ1) is 8.58. The van der Waals surface area contributed by atoms with Crippen molar-refractivity contribution in [3.8, 4) is 0 Å². The summed E-state index contributed by atoms with van der Waals surface area (Å²) in [6.07, 6.45) is 3.04. The van der Waals surface area contributed by atoms with Gasteiger partial charge in [-0.2, -0.15) is 0 Å². The molecule has 0 aromatic carbocycles. The molecule has 1 heterocycles. The Balaban J connectivity index is 2.50. The van der Waals surface area contributed by atoms with E-state index in [1.165, 1.54) is 0 Å². The second kappa shape index (κ2) is 7.71. The number of carbonyl (C=O) groups excluding carboxylic acids is 1. The molecule has 1 amide bonds. The van der Waals surface area contributed by atoms with Crippen molar-refractivity contribution in [3.05, 3.63) is 0 Å². The lowest BCUT2D eigenvalue weighted by Crippen LogP contribution is -2.50. The lowest BCUT2D eigenvalue weighted by Gasteiger charge is -2.37. The number of piperidine rings is 1. The Labute approximate surface area is 110 Å². The van der Waals surface area contributed by atoms with E-state index in [2.05, 4.69) is 4.90 Å². The molecule has 1 saturated heterocycles. The molecule has 5 heteroatoms. The number of hydrogen-bond acceptors (Lipinski definition) is 4. The molecule has 1 aliphatic heterocycles. The summed E-state index contributed by atoms with van der Waals surface area (Å²) in [5.41, 5.74) is 5.82. The van der Waals surface area contributed by atoms with Crippen LogP contribution in [0.1, 0.15) is 26.2 Å². The van der Waals surface area contributed by atoms with E-state index in [0.29, 0.717) is 19.1 Å². The Morgan fingerprint density at radius 3 is 2.83 bits per heavy atom. The lowest BCUT2D eigenvalue weighted by molar-refractivity contribution is -0.130. The molecule has 2 N–H and O–H groups in total. The maximum Gasteiger partial charge on any atom is 0.223 e. The molecule has 1 aliphatic rings. The number of carbonyl (C=O) groups is 1. The number of likely N-dealkylation sites (tertiary alicyclic amines) is 1. The molecule has 0 aromatic heterocycles. The van der Waals surface area contributed by atoms with Crippen molar-refractivity contribution in [2.75, 3.05) is 40.3 Å². The van der Waals surface area contributed by atoms with Crippen LogP contribution < -0.4 is 5.73 Å². The van der Waals surface area contributed by atoms with Gasteiger partial charge in [-0.3, -0.25) is 9.69 Å². The quantitative estimate of drug-likeness (QED) is 0.743. The van der Waals surface area contributed by atoms with Gasteiger partial charge in [0, 0.05) is 46.3 Å². The first kappa shape index (κ1) is 15.4. The summed E-state index contributed by atoms with van der Waals surface area (Å²) < 4.78 is 5.68. The Hall–Kier alpha value is -0.650. The summed E-state index contributed by atoms with van der Waals surface area (Å²) in [7, 11) is 3.57. The first-order valence-corrected chi connectivity index (χ1v) is 6.84. The molecular weight excluding hydrogens is 230 g/mol. The fourth-order valence-corrected chi connectivity index (χ4v) is 2.42. The zero-order chi connectivity index (χ0) is 13.5. The standard InChI is InChI=1S/C13H27N3O2/c1-4-18-12-6-5-7-16(10-12)11(9-14)8-13(17)15(2)3/h11-12H,4-10,14H2,1-3H3. The molecule has 0 aliphatic carbocycles. The Morgan fingerprint density at radius 1 is 1.56 bits per heavy atom. The Morgan fingerprint density at radius 2 is 2.28 bits per heavy atom. The summed E-state index contributed by atoms with van der Waals surface area (Å²) >= 11 is 0.